The number of hydrogen-bond acceptors (Lipinski definition) is 7. The predicted molar refractivity (Wildman–Crippen MR) is 75.5 cm³/mol. The predicted octanol–water partition coefficient (Wildman–Crippen LogP) is 2.26. The Morgan fingerprint density at radius 2 is 1.19 bits per heavy atom. The van der Waals surface area contributed by atoms with Crippen molar-refractivity contribution >= 4 is 44.1 Å². The summed E-state index contributed by atoms with van der Waals surface area (Å²) in [4.78, 5) is 17.9. The van der Waals surface area contributed by atoms with Gasteiger partial charge in [-0.3, -0.25) is 9.97 Å². The molecule has 4 heterocycles. The van der Waals surface area contributed by atoms with Crippen molar-refractivity contribution in [3.8, 4) is 0 Å². The highest BCUT2D eigenvalue weighted by atomic mass is 16.6. The van der Waals surface area contributed by atoms with Gasteiger partial charge in [-0.05, 0) is 34.6 Å². The molecule has 5 aromatic rings. The summed E-state index contributed by atoms with van der Waals surface area (Å²) in [5.74, 6) is 0. The lowest BCUT2D eigenvalue weighted by molar-refractivity contribution is 0.314. The maximum atomic E-state index is 4.70. The summed E-state index contributed by atoms with van der Waals surface area (Å²) >= 11 is 0. The summed E-state index contributed by atoms with van der Waals surface area (Å²) in [5.41, 5.74) is 3.81. The number of nitrogens with zero attached hydrogens (tertiary/aromatic N) is 6. The van der Waals surface area contributed by atoms with Crippen molar-refractivity contribution in [2.45, 2.75) is 0 Å². The van der Waals surface area contributed by atoms with E-state index >= 15 is 0 Å². The minimum atomic E-state index is 0.385. The van der Waals surface area contributed by atoms with E-state index in [-0.39, 0.29) is 0 Å². The number of benzene rings is 1. The highest BCUT2D eigenvalue weighted by Gasteiger charge is 2.15. The average molecular weight is 274 g/mol. The maximum Gasteiger partial charge on any atom is 0.243 e. The molecule has 7 nitrogen and oxygen atoms in total. The molecule has 0 saturated carbocycles. The van der Waals surface area contributed by atoms with Crippen LogP contribution >= 0.6 is 0 Å². The molecule has 0 saturated heterocycles. The molecule has 1 aromatic carbocycles. The van der Waals surface area contributed by atoms with Gasteiger partial charge in [0.15, 0.2) is 0 Å². The molecule has 0 N–H and O–H groups in total. The molecule has 0 amide bonds. The fourth-order valence-electron chi connectivity index (χ4n) is 2.58. The van der Waals surface area contributed by atoms with Crippen molar-refractivity contribution in [1.82, 2.24) is 30.2 Å². The lowest BCUT2D eigenvalue weighted by atomic mass is 10.1. The molecule has 0 aliphatic rings. The Morgan fingerprint density at radius 1 is 0.667 bits per heavy atom. The fraction of sp³-hybridized carbons (Fsp3) is 0. The van der Waals surface area contributed by atoms with Crippen molar-refractivity contribution in [2.75, 3.05) is 0 Å². The zero-order chi connectivity index (χ0) is 13.8. The second-order valence-electron chi connectivity index (χ2n) is 4.63. The molecule has 0 atom stereocenters. The van der Waals surface area contributed by atoms with Gasteiger partial charge in [0.1, 0.15) is 11.0 Å². The summed E-state index contributed by atoms with van der Waals surface area (Å²) in [6, 6.07) is 7.63. The van der Waals surface area contributed by atoms with Crippen LogP contribution in [0.2, 0.25) is 0 Å². The molecule has 0 aliphatic carbocycles. The first-order valence-corrected chi connectivity index (χ1v) is 6.33. The summed E-state index contributed by atoms with van der Waals surface area (Å²) in [6.45, 7) is 0. The van der Waals surface area contributed by atoms with E-state index in [0.717, 1.165) is 32.8 Å². The normalized spacial score (nSPS) is 11.8. The van der Waals surface area contributed by atoms with Gasteiger partial charge in [-0.25, -0.2) is 14.6 Å². The molecule has 0 spiro atoms. The Labute approximate surface area is 116 Å². The van der Waals surface area contributed by atoms with Crippen LogP contribution in [0.5, 0.6) is 0 Å². The number of pyridine rings is 2. The second kappa shape index (κ2) is 3.66. The third-order valence-corrected chi connectivity index (χ3v) is 3.46. The van der Waals surface area contributed by atoms with E-state index in [4.69, 9.17) is 4.63 Å². The number of rotatable bonds is 0. The topological polar surface area (TPSA) is 90.5 Å². The number of fused-ring (bicyclic) bond motifs is 7. The molecule has 0 fully saturated rings. The van der Waals surface area contributed by atoms with Crippen LogP contribution in [0.4, 0.5) is 0 Å². The molecule has 0 bridgehead atoms. The standard InChI is InChI=1S/C14H6N6O/c1-3-7-9(15-5-1)10-8(4-2-6-16-10)12-11(7)17-13-14(18-12)20-21-19-13/h1-6H. The summed E-state index contributed by atoms with van der Waals surface area (Å²) in [7, 11) is 0. The molecule has 98 valence electrons. The first kappa shape index (κ1) is 10.6. The molecular formula is C14H6N6O. The minimum Gasteiger partial charge on any atom is -0.254 e. The van der Waals surface area contributed by atoms with Gasteiger partial charge < -0.3 is 0 Å². The van der Waals surface area contributed by atoms with Crippen molar-refractivity contribution in [3.05, 3.63) is 36.7 Å². The van der Waals surface area contributed by atoms with Crippen LogP contribution < -0.4 is 0 Å². The van der Waals surface area contributed by atoms with Crippen LogP contribution in [-0.2, 0) is 0 Å². The van der Waals surface area contributed by atoms with Crippen LogP contribution in [0.25, 0.3) is 44.1 Å². The second-order valence-corrected chi connectivity index (χ2v) is 4.63. The minimum absolute atomic E-state index is 0.385. The van der Waals surface area contributed by atoms with E-state index in [1.165, 1.54) is 0 Å². The lowest BCUT2D eigenvalue weighted by Gasteiger charge is -2.06. The van der Waals surface area contributed by atoms with Crippen LogP contribution in [0, 0.1) is 0 Å². The van der Waals surface area contributed by atoms with E-state index < -0.39 is 0 Å². The van der Waals surface area contributed by atoms with E-state index in [1.54, 1.807) is 12.4 Å². The molecule has 0 aliphatic heterocycles. The number of aromatic nitrogens is 6. The van der Waals surface area contributed by atoms with Crippen LogP contribution in [0.1, 0.15) is 0 Å². The summed E-state index contributed by atoms with van der Waals surface area (Å²) in [6.07, 6.45) is 3.48. The first-order chi connectivity index (χ1) is 10.4. The molecule has 5 rings (SSSR count). The van der Waals surface area contributed by atoms with Gasteiger partial charge in [0.2, 0.25) is 11.3 Å². The molecule has 7 heteroatoms. The molecular weight excluding hydrogens is 268 g/mol. The van der Waals surface area contributed by atoms with Crippen molar-refractivity contribution in [2.24, 2.45) is 0 Å². The SMILES string of the molecule is c1cnc2c(c1)c1nc3nonc3nc1c1cccnc12. The summed E-state index contributed by atoms with van der Waals surface area (Å²) in [5, 5.41) is 9.29. The Balaban J connectivity index is 2.21. The molecule has 4 aromatic heterocycles. The van der Waals surface area contributed by atoms with Crippen LogP contribution in [0.3, 0.4) is 0 Å². The molecule has 0 unspecified atom stereocenters. The lowest BCUT2D eigenvalue weighted by Crippen LogP contribution is -1.93. The van der Waals surface area contributed by atoms with Gasteiger partial charge in [-0.2, -0.15) is 0 Å². The zero-order valence-electron chi connectivity index (χ0n) is 10.6. The highest BCUT2D eigenvalue weighted by Crippen LogP contribution is 2.30. The van der Waals surface area contributed by atoms with Gasteiger partial charge in [0.25, 0.3) is 0 Å². The molecule has 21 heavy (non-hydrogen) atoms. The van der Waals surface area contributed by atoms with Crippen molar-refractivity contribution in [3.63, 3.8) is 0 Å². The quantitative estimate of drug-likeness (QED) is 0.400. The fourth-order valence-corrected chi connectivity index (χ4v) is 2.58. The Bertz CT molecular complexity index is 1060. The smallest absolute Gasteiger partial charge is 0.243 e. The van der Waals surface area contributed by atoms with E-state index in [1.807, 2.05) is 24.3 Å². The van der Waals surface area contributed by atoms with Crippen molar-refractivity contribution < 1.29 is 4.63 Å². The van der Waals surface area contributed by atoms with Gasteiger partial charge in [-0.15, -0.1) is 0 Å². The van der Waals surface area contributed by atoms with E-state index in [9.17, 15) is 0 Å². The van der Waals surface area contributed by atoms with Gasteiger partial charge in [0.05, 0.1) is 11.0 Å². The van der Waals surface area contributed by atoms with E-state index in [0.29, 0.717) is 11.3 Å². The van der Waals surface area contributed by atoms with Gasteiger partial charge in [0, 0.05) is 23.2 Å². The average Bonchev–Trinajstić information content (AvgIpc) is 3.01. The Kier molecular flexibility index (Phi) is 1.84. The molecule has 0 radical (unpaired) electrons. The first-order valence-electron chi connectivity index (χ1n) is 6.33. The Morgan fingerprint density at radius 3 is 1.71 bits per heavy atom. The van der Waals surface area contributed by atoms with Gasteiger partial charge >= 0.3 is 0 Å². The van der Waals surface area contributed by atoms with Gasteiger partial charge in [-0.1, -0.05) is 0 Å². The summed E-state index contributed by atoms with van der Waals surface area (Å²) < 4.78 is 4.70. The zero-order valence-corrected chi connectivity index (χ0v) is 10.6. The van der Waals surface area contributed by atoms with Crippen LogP contribution in [0.15, 0.2) is 41.3 Å². The largest absolute Gasteiger partial charge is 0.254 e. The third-order valence-electron chi connectivity index (χ3n) is 3.46. The monoisotopic (exact) mass is 274 g/mol. The van der Waals surface area contributed by atoms with Crippen molar-refractivity contribution in [1.29, 1.82) is 0 Å². The number of hydrogen-bond donors (Lipinski definition) is 0. The highest BCUT2D eigenvalue weighted by molar-refractivity contribution is 6.21. The maximum absolute atomic E-state index is 4.70. The van der Waals surface area contributed by atoms with E-state index in [2.05, 4.69) is 30.2 Å². The Hall–Kier alpha value is -3.22. The third kappa shape index (κ3) is 1.32. The van der Waals surface area contributed by atoms with Crippen LogP contribution in [-0.4, -0.2) is 30.2 Å².